The molecule has 5 nitrogen and oxygen atoms in total. The molecule has 0 N–H and O–H groups in total. The summed E-state index contributed by atoms with van der Waals surface area (Å²) < 4.78 is 11.1. The second kappa shape index (κ2) is 7.61. The third-order valence-electron chi connectivity index (χ3n) is 9.02. The van der Waals surface area contributed by atoms with Crippen molar-refractivity contribution in [1.82, 2.24) is 4.90 Å². The number of ether oxygens (including phenoxy) is 2. The maximum atomic E-state index is 13.7. The summed E-state index contributed by atoms with van der Waals surface area (Å²) in [6.45, 7) is 8.85. The molecule has 1 aromatic carbocycles. The molecule has 31 heavy (non-hydrogen) atoms. The van der Waals surface area contributed by atoms with E-state index in [2.05, 4.69) is 44.9 Å². The standard InChI is InChI=1S/C26H37NO4/c1-7-9-10-22(28)26(23(29)31-8-2)16-25(4)20-13-17-11-12-18(30-6)14-19(17)24(25,3)15-21(26)27(20)5/h11-12,14,20-21H,7-10,13,15-16H2,1-6H3. The van der Waals surface area contributed by atoms with E-state index in [9.17, 15) is 9.59 Å². The average molecular weight is 428 g/mol. The number of methoxy groups -OCH3 is 1. The van der Waals surface area contributed by atoms with E-state index in [0.717, 1.165) is 31.4 Å². The monoisotopic (exact) mass is 427 g/mol. The predicted octanol–water partition coefficient (Wildman–Crippen LogP) is 4.30. The summed E-state index contributed by atoms with van der Waals surface area (Å²) >= 11 is 0. The summed E-state index contributed by atoms with van der Waals surface area (Å²) in [5, 5.41) is 0. The Morgan fingerprint density at radius 2 is 1.94 bits per heavy atom. The maximum absolute atomic E-state index is 13.7. The molecule has 4 bridgehead atoms. The lowest BCUT2D eigenvalue weighted by atomic mass is 9.39. The van der Waals surface area contributed by atoms with Crippen LogP contribution >= 0.6 is 0 Å². The molecule has 5 rings (SSSR count). The number of benzene rings is 1. The van der Waals surface area contributed by atoms with E-state index in [0.29, 0.717) is 25.5 Å². The molecule has 2 aliphatic heterocycles. The van der Waals surface area contributed by atoms with Gasteiger partial charge >= 0.3 is 5.97 Å². The minimum atomic E-state index is -1.07. The van der Waals surface area contributed by atoms with Crippen molar-refractivity contribution in [1.29, 1.82) is 0 Å². The second-order valence-electron chi connectivity index (χ2n) is 10.3. The molecule has 4 aliphatic rings. The van der Waals surface area contributed by atoms with Crippen LogP contribution in [0.1, 0.15) is 70.9 Å². The molecule has 5 atom stereocenters. The van der Waals surface area contributed by atoms with Gasteiger partial charge in [0.05, 0.1) is 13.7 Å². The van der Waals surface area contributed by atoms with E-state index < -0.39 is 5.41 Å². The highest BCUT2D eigenvalue weighted by Gasteiger charge is 2.73. The number of hydrogen-bond acceptors (Lipinski definition) is 5. The normalized spacial score (nSPS) is 36.1. The molecule has 3 fully saturated rings. The van der Waals surface area contributed by atoms with Crippen molar-refractivity contribution in [2.45, 2.75) is 83.7 Å². The highest BCUT2D eigenvalue weighted by molar-refractivity contribution is 6.05. The van der Waals surface area contributed by atoms with Gasteiger partial charge in [0, 0.05) is 23.9 Å². The number of carbonyl (C=O) groups excluding carboxylic acids is 2. The minimum Gasteiger partial charge on any atom is -0.497 e. The van der Waals surface area contributed by atoms with E-state index >= 15 is 0 Å². The van der Waals surface area contributed by atoms with Crippen molar-refractivity contribution >= 4 is 11.8 Å². The molecule has 0 amide bonds. The zero-order chi connectivity index (χ0) is 22.6. The predicted molar refractivity (Wildman–Crippen MR) is 120 cm³/mol. The van der Waals surface area contributed by atoms with Crippen molar-refractivity contribution in [2.24, 2.45) is 10.8 Å². The first-order valence-corrected chi connectivity index (χ1v) is 11.8. The molecular weight excluding hydrogens is 390 g/mol. The number of rotatable bonds is 7. The lowest BCUT2D eigenvalue weighted by Crippen LogP contribution is -2.78. The molecule has 1 aromatic rings. The summed E-state index contributed by atoms with van der Waals surface area (Å²) in [5.74, 6) is 0.626. The number of piperidine rings is 2. The number of ketones is 1. The van der Waals surface area contributed by atoms with Gasteiger partial charge in [0.1, 0.15) is 11.2 Å². The fourth-order valence-corrected chi connectivity index (χ4v) is 7.13. The van der Waals surface area contributed by atoms with Gasteiger partial charge in [-0.3, -0.25) is 14.5 Å². The van der Waals surface area contributed by atoms with E-state index in [4.69, 9.17) is 9.47 Å². The van der Waals surface area contributed by atoms with E-state index in [-0.39, 0.29) is 28.6 Å². The lowest BCUT2D eigenvalue weighted by Gasteiger charge is -2.71. The largest absolute Gasteiger partial charge is 0.497 e. The fourth-order valence-electron chi connectivity index (χ4n) is 7.13. The van der Waals surface area contributed by atoms with Crippen LogP contribution in [0, 0.1) is 10.8 Å². The van der Waals surface area contributed by atoms with Gasteiger partial charge in [-0.2, -0.15) is 0 Å². The topological polar surface area (TPSA) is 55.8 Å². The lowest BCUT2D eigenvalue weighted by molar-refractivity contribution is -0.208. The SMILES string of the molecule is CCCCC(=O)C1(C(=O)OCC)CC2(C)C3Cc4ccc(OC)cc4C2(C)CC1N3C. The molecule has 5 unspecified atom stereocenters. The molecule has 2 saturated heterocycles. The maximum Gasteiger partial charge on any atom is 0.321 e. The smallest absolute Gasteiger partial charge is 0.321 e. The Hall–Kier alpha value is -1.88. The van der Waals surface area contributed by atoms with Crippen LogP contribution in [0.25, 0.3) is 0 Å². The molecule has 5 heteroatoms. The Balaban J connectivity index is 1.86. The minimum absolute atomic E-state index is 0.0721. The summed E-state index contributed by atoms with van der Waals surface area (Å²) in [7, 11) is 3.82. The molecule has 0 spiro atoms. The molecule has 0 radical (unpaired) electrons. The van der Waals surface area contributed by atoms with Crippen LogP contribution < -0.4 is 4.74 Å². The van der Waals surface area contributed by atoms with Crippen LogP contribution in [-0.4, -0.2) is 49.5 Å². The van der Waals surface area contributed by atoms with Crippen molar-refractivity contribution in [2.75, 3.05) is 20.8 Å². The number of likely N-dealkylation sites (N-methyl/N-ethyl adjacent to an activating group) is 1. The van der Waals surface area contributed by atoms with Crippen LogP contribution in [0.15, 0.2) is 18.2 Å². The van der Waals surface area contributed by atoms with Crippen LogP contribution in [0.5, 0.6) is 5.75 Å². The van der Waals surface area contributed by atoms with Gasteiger partial charge in [-0.1, -0.05) is 33.3 Å². The van der Waals surface area contributed by atoms with Gasteiger partial charge in [0.15, 0.2) is 5.78 Å². The highest BCUT2D eigenvalue weighted by Crippen LogP contribution is 2.68. The third kappa shape index (κ3) is 2.84. The molecule has 1 saturated carbocycles. The molecule has 2 heterocycles. The van der Waals surface area contributed by atoms with Crippen molar-refractivity contribution in [3.05, 3.63) is 29.3 Å². The Kier molecular flexibility index (Phi) is 5.48. The Morgan fingerprint density at radius 1 is 1.19 bits per heavy atom. The Morgan fingerprint density at radius 3 is 2.58 bits per heavy atom. The fraction of sp³-hybridized carbons (Fsp3) is 0.692. The highest BCUT2D eigenvalue weighted by atomic mass is 16.5. The van der Waals surface area contributed by atoms with Crippen molar-refractivity contribution < 1.29 is 19.1 Å². The molecule has 2 aliphatic carbocycles. The zero-order valence-electron chi connectivity index (χ0n) is 19.9. The number of esters is 1. The number of hydrogen-bond donors (Lipinski definition) is 0. The number of Topliss-reactive ketones (excluding diaryl/α,β-unsaturated/α-hetero) is 1. The van der Waals surface area contributed by atoms with Crippen LogP contribution in [0.2, 0.25) is 0 Å². The first kappa shape index (κ1) is 22.3. The number of unbranched alkanes of at least 4 members (excludes halogenated alkanes) is 1. The molecular formula is C26H37NO4. The Bertz CT molecular complexity index is 897. The van der Waals surface area contributed by atoms with Crippen LogP contribution in [-0.2, 0) is 26.2 Å². The molecule has 0 aromatic heterocycles. The van der Waals surface area contributed by atoms with Gasteiger partial charge in [0.25, 0.3) is 0 Å². The summed E-state index contributed by atoms with van der Waals surface area (Å²) in [5.41, 5.74) is 1.27. The quantitative estimate of drug-likeness (QED) is 0.480. The van der Waals surface area contributed by atoms with Crippen LogP contribution in [0.4, 0.5) is 0 Å². The number of fused-ring (bicyclic) bond motifs is 2. The summed E-state index contributed by atoms with van der Waals surface area (Å²) in [6, 6.07) is 6.56. The van der Waals surface area contributed by atoms with Crippen molar-refractivity contribution in [3.8, 4) is 5.75 Å². The van der Waals surface area contributed by atoms with Gasteiger partial charge in [-0.15, -0.1) is 0 Å². The van der Waals surface area contributed by atoms with E-state index in [1.807, 2.05) is 13.0 Å². The Labute approximate surface area is 186 Å². The number of nitrogens with zero attached hydrogens (tertiary/aromatic N) is 1. The van der Waals surface area contributed by atoms with Crippen LogP contribution in [0.3, 0.4) is 0 Å². The molecule has 170 valence electrons. The third-order valence-corrected chi connectivity index (χ3v) is 9.02. The summed E-state index contributed by atoms with van der Waals surface area (Å²) in [4.78, 5) is 29.5. The van der Waals surface area contributed by atoms with E-state index in [1.165, 1.54) is 11.1 Å². The first-order valence-electron chi connectivity index (χ1n) is 11.8. The van der Waals surface area contributed by atoms with Crippen molar-refractivity contribution in [3.63, 3.8) is 0 Å². The number of carbonyl (C=O) groups is 2. The van der Waals surface area contributed by atoms with Gasteiger partial charge in [-0.25, -0.2) is 0 Å². The van der Waals surface area contributed by atoms with Gasteiger partial charge in [-0.05, 0) is 68.3 Å². The zero-order valence-corrected chi connectivity index (χ0v) is 19.9. The average Bonchev–Trinajstić information content (AvgIpc) is 2.75. The second-order valence-corrected chi connectivity index (χ2v) is 10.3. The first-order chi connectivity index (χ1) is 14.7. The van der Waals surface area contributed by atoms with Gasteiger partial charge in [0.2, 0.25) is 0 Å². The van der Waals surface area contributed by atoms with Gasteiger partial charge < -0.3 is 9.47 Å². The summed E-state index contributed by atoms with van der Waals surface area (Å²) in [6.07, 6.45) is 4.47. The van der Waals surface area contributed by atoms with E-state index in [1.54, 1.807) is 7.11 Å².